The molecule has 2 rings (SSSR count). The molecule has 0 N–H and O–H groups in total. The van der Waals surface area contributed by atoms with E-state index in [1.54, 1.807) is 12.1 Å². The minimum Gasteiger partial charge on any atom is -0.497 e. The predicted molar refractivity (Wildman–Crippen MR) is 56.8 cm³/mol. The Morgan fingerprint density at radius 1 is 1.38 bits per heavy atom. The van der Waals surface area contributed by atoms with E-state index in [0.717, 1.165) is 0 Å². The van der Waals surface area contributed by atoms with E-state index in [2.05, 4.69) is 6.07 Å². The van der Waals surface area contributed by atoms with Gasteiger partial charge in [0.15, 0.2) is 5.78 Å². The molecule has 16 heavy (non-hydrogen) atoms. The van der Waals surface area contributed by atoms with Crippen molar-refractivity contribution in [2.75, 3.05) is 14.2 Å². The van der Waals surface area contributed by atoms with E-state index in [1.165, 1.54) is 14.2 Å². The summed E-state index contributed by atoms with van der Waals surface area (Å²) in [5.74, 6) is 0.691. The third kappa shape index (κ3) is 1.41. The molecule has 0 amide bonds. The van der Waals surface area contributed by atoms with E-state index in [4.69, 9.17) is 14.7 Å². The maximum atomic E-state index is 11.7. The summed E-state index contributed by atoms with van der Waals surface area (Å²) < 4.78 is 10.3. The first-order valence-corrected chi connectivity index (χ1v) is 4.90. The fraction of sp³-hybridized carbons (Fsp3) is 0.333. The van der Waals surface area contributed by atoms with Gasteiger partial charge in [-0.1, -0.05) is 0 Å². The molecule has 1 aromatic carbocycles. The number of hydrogen-bond acceptors (Lipinski definition) is 4. The maximum absolute atomic E-state index is 11.7. The van der Waals surface area contributed by atoms with E-state index in [-0.39, 0.29) is 12.2 Å². The highest BCUT2D eigenvalue weighted by Gasteiger charge is 2.33. The van der Waals surface area contributed by atoms with Crippen molar-refractivity contribution < 1.29 is 14.3 Å². The number of rotatable bonds is 2. The van der Waals surface area contributed by atoms with Gasteiger partial charge >= 0.3 is 0 Å². The average Bonchev–Trinajstić information content (AvgIpc) is 2.65. The summed E-state index contributed by atoms with van der Waals surface area (Å²) in [6.07, 6.45) is 0.232. The first-order chi connectivity index (χ1) is 7.71. The molecule has 0 saturated carbocycles. The third-order valence-electron chi connectivity index (χ3n) is 2.77. The van der Waals surface area contributed by atoms with Crippen LogP contribution in [0.4, 0.5) is 0 Å². The van der Waals surface area contributed by atoms with Crippen molar-refractivity contribution in [2.45, 2.75) is 12.3 Å². The molecule has 1 aliphatic carbocycles. The molecule has 0 heterocycles. The molecule has 0 spiro atoms. The van der Waals surface area contributed by atoms with Crippen molar-refractivity contribution >= 4 is 5.78 Å². The summed E-state index contributed by atoms with van der Waals surface area (Å²) in [5, 5.41) is 8.99. The van der Waals surface area contributed by atoms with Gasteiger partial charge in [0.25, 0.3) is 0 Å². The monoisotopic (exact) mass is 217 g/mol. The van der Waals surface area contributed by atoms with Gasteiger partial charge in [-0.3, -0.25) is 4.79 Å². The van der Waals surface area contributed by atoms with Crippen LogP contribution >= 0.6 is 0 Å². The molecule has 0 bridgehead atoms. The smallest absolute Gasteiger partial charge is 0.165 e. The number of fused-ring (bicyclic) bond motifs is 1. The van der Waals surface area contributed by atoms with Gasteiger partial charge < -0.3 is 9.47 Å². The molecule has 0 aromatic heterocycles. The molecular weight excluding hydrogens is 206 g/mol. The topological polar surface area (TPSA) is 59.3 Å². The second kappa shape index (κ2) is 3.86. The summed E-state index contributed by atoms with van der Waals surface area (Å²) in [4.78, 5) is 11.7. The highest BCUT2D eigenvalue weighted by Crippen LogP contribution is 2.41. The number of ketones is 1. The number of carbonyl (C=O) groups is 1. The Hall–Kier alpha value is -2.02. The Bertz CT molecular complexity index is 488. The molecule has 0 radical (unpaired) electrons. The molecule has 0 saturated heterocycles. The van der Waals surface area contributed by atoms with Gasteiger partial charge in [-0.25, -0.2) is 0 Å². The van der Waals surface area contributed by atoms with Gasteiger partial charge in [-0.2, -0.15) is 5.26 Å². The van der Waals surface area contributed by atoms with E-state index < -0.39 is 5.92 Å². The van der Waals surface area contributed by atoms with E-state index in [9.17, 15) is 4.79 Å². The van der Waals surface area contributed by atoms with Crippen LogP contribution in [0.5, 0.6) is 11.5 Å². The quantitative estimate of drug-likeness (QED) is 0.759. The van der Waals surface area contributed by atoms with Crippen LogP contribution < -0.4 is 9.47 Å². The molecule has 0 aliphatic heterocycles. The van der Waals surface area contributed by atoms with Gasteiger partial charge in [-0.05, 0) is 6.07 Å². The lowest BCUT2D eigenvalue weighted by molar-refractivity contribution is 0.0992. The van der Waals surface area contributed by atoms with Crippen molar-refractivity contribution in [2.24, 2.45) is 0 Å². The van der Waals surface area contributed by atoms with Crippen molar-refractivity contribution in [1.82, 2.24) is 0 Å². The number of nitriles is 1. The lowest BCUT2D eigenvalue weighted by atomic mass is 10.0. The van der Waals surface area contributed by atoms with Crippen molar-refractivity contribution in [1.29, 1.82) is 5.26 Å². The van der Waals surface area contributed by atoms with Gasteiger partial charge in [0.1, 0.15) is 11.5 Å². The Labute approximate surface area is 93.4 Å². The van der Waals surface area contributed by atoms with Gasteiger partial charge in [0.2, 0.25) is 0 Å². The standard InChI is InChI=1S/C12H11NO3/c1-15-8-4-9-10(14)3-7(6-13)12(9)11(5-8)16-2/h4-5,7H,3H2,1-2H3. The van der Waals surface area contributed by atoms with Crippen LogP contribution in [0.15, 0.2) is 12.1 Å². The van der Waals surface area contributed by atoms with Crippen LogP contribution in [0, 0.1) is 11.3 Å². The van der Waals surface area contributed by atoms with Crippen LogP contribution in [0.2, 0.25) is 0 Å². The third-order valence-corrected chi connectivity index (χ3v) is 2.77. The Morgan fingerprint density at radius 2 is 2.12 bits per heavy atom. The molecule has 4 nitrogen and oxygen atoms in total. The lowest BCUT2D eigenvalue weighted by Crippen LogP contribution is -1.97. The molecule has 1 aliphatic rings. The normalized spacial score (nSPS) is 17.8. The fourth-order valence-electron chi connectivity index (χ4n) is 1.99. The first kappa shape index (κ1) is 10.5. The fourth-order valence-corrected chi connectivity index (χ4v) is 1.99. The van der Waals surface area contributed by atoms with Crippen molar-refractivity contribution in [3.05, 3.63) is 23.3 Å². The Balaban J connectivity index is 2.65. The Kier molecular flexibility index (Phi) is 2.53. The molecule has 82 valence electrons. The summed E-state index contributed by atoms with van der Waals surface area (Å²) in [5.41, 5.74) is 1.23. The molecule has 1 atom stereocenters. The SMILES string of the molecule is COc1cc(OC)c2c(c1)C(=O)CC2C#N. The molecule has 1 unspecified atom stereocenters. The van der Waals surface area contributed by atoms with E-state index in [0.29, 0.717) is 22.6 Å². The van der Waals surface area contributed by atoms with E-state index in [1.807, 2.05) is 0 Å². The zero-order valence-electron chi connectivity index (χ0n) is 9.11. The van der Waals surface area contributed by atoms with Crippen molar-refractivity contribution in [3.63, 3.8) is 0 Å². The van der Waals surface area contributed by atoms with Gasteiger partial charge in [0, 0.05) is 23.6 Å². The number of methoxy groups -OCH3 is 2. The minimum absolute atomic E-state index is 0.0289. The Morgan fingerprint density at radius 3 is 2.69 bits per heavy atom. The highest BCUT2D eigenvalue weighted by atomic mass is 16.5. The largest absolute Gasteiger partial charge is 0.497 e. The summed E-state index contributed by atoms with van der Waals surface area (Å²) in [7, 11) is 3.05. The zero-order valence-corrected chi connectivity index (χ0v) is 9.11. The number of Topliss-reactive ketones (excluding diaryl/α,β-unsaturated/α-hetero) is 1. The number of hydrogen-bond donors (Lipinski definition) is 0. The van der Waals surface area contributed by atoms with Crippen LogP contribution in [-0.4, -0.2) is 20.0 Å². The van der Waals surface area contributed by atoms with Crippen LogP contribution in [-0.2, 0) is 0 Å². The number of ether oxygens (including phenoxy) is 2. The molecule has 4 heteroatoms. The summed E-state index contributed by atoms with van der Waals surface area (Å²) in [6.45, 7) is 0. The second-order valence-corrected chi connectivity index (χ2v) is 3.60. The van der Waals surface area contributed by atoms with Crippen molar-refractivity contribution in [3.8, 4) is 17.6 Å². The average molecular weight is 217 g/mol. The molecule has 1 aromatic rings. The summed E-state index contributed by atoms with van der Waals surface area (Å²) in [6, 6.07) is 5.48. The number of benzene rings is 1. The van der Waals surface area contributed by atoms with Gasteiger partial charge in [0.05, 0.1) is 26.2 Å². The van der Waals surface area contributed by atoms with Crippen LogP contribution in [0.1, 0.15) is 28.3 Å². The predicted octanol–water partition coefficient (Wildman–Crippen LogP) is 1.90. The number of nitrogens with zero attached hydrogens (tertiary/aromatic N) is 1. The van der Waals surface area contributed by atoms with Crippen LogP contribution in [0.3, 0.4) is 0 Å². The minimum atomic E-state index is -0.400. The highest BCUT2D eigenvalue weighted by molar-refractivity contribution is 6.03. The molecule has 0 fully saturated rings. The van der Waals surface area contributed by atoms with E-state index >= 15 is 0 Å². The van der Waals surface area contributed by atoms with Crippen LogP contribution in [0.25, 0.3) is 0 Å². The molecular formula is C12H11NO3. The zero-order chi connectivity index (χ0) is 11.7. The lowest BCUT2D eigenvalue weighted by Gasteiger charge is -2.10. The second-order valence-electron chi connectivity index (χ2n) is 3.60. The maximum Gasteiger partial charge on any atom is 0.165 e. The van der Waals surface area contributed by atoms with Gasteiger partial charge in [-0.15, -0.1) is 0 Å². The number of carbonyl (C=O) groups excluding carboxylic acids is 1. The first-order valence-electron chi connectivity index (χ1n) is 4.90. The summed E-state index contributed by atoms with van der Waals surface area (Å²) >= 11 is 0.